The maximum Gasteiger partial charge on any atom is 0.169 e. The Balaban J connectivity index is 2.13. The number of halogens is 1. The van der Waals surface area contributed by atoms with Gasteiger partial charge in [0.2, 0.25) is 0 Å². The molecule has 3 nitrogen and oxygen atoms in total. The molecule has 2 N–H and O–H groups in total. The predicted octanol–water partition coefficient (Wildman–Crippen LogP) is 1.90. The maximum absolute atomic E-state index is 8.98. The fourth-order valence-corrected chi connectivity index (χ4v) is 1.31. The van der Waals surface area contributed by atoms with E-state index in [4.69, 9.17) is 9.52 Å². The highest BCUT2D eigenvalue weighted by Crippen LogP contribution is 2.13. The van der Waals surface area contributed by atoms with E-state index in [0.717, 1.165) is 23.4 Å². The van der Waals surface area contributed by atoms with E-state index in [1.807, 2.05) is 12.1 Å². The van der Waals surface area contributed by atoms with Gasteiger partial charge in [0.25, 0.3) is 0 Å². The van der Waals surface area contributed by atoms with Gasteiger partial charge in [0.1, 0.15) is 5.76 Å². The first-order chi connectivity index (χ1) is 6.18. The van der Waals surface area contributed by atoms with Crippen molar-refractivity contribution in [1.82, 2.24) is 5.32 Å². The summed E-state index contributed by atoms with van der Waals surface area (Å²) in [6, 6.07) is 3.78. The molecule has 0 aliphatic carbocycles. The number of hydrogen-bond donors (Lipinski definition) is 2. The van der Waals surface area contributed by atoms with Crippen molar-refractivity contribution in [2.75, 3.05) is 6.54 Å². The van der Waals surface area contributed by atoms with Gasteiger partial charge in [-0.25, -0.2) is 0 Å². The summed E-state index contributed by atoms with van der Waals surface area (Å²) in [6.45, 7) is 3.29. The minimum absolute atomic E-state index is 0.240. The van der Waals surface area contributed by atoms with Gasteiger partial charge in [-0.2, -0.15) is 0 Å². The fourth-order valence-electron chi connectivity index (χ4n) is 0.969. The molecule has 0 saturated carbocycles. The first-order valence-corrected chi connectivity index (χ1v) is 5.11. The normalized spacial score (nSPS) is 13.2. The van der Waals surface area contributed by atoms with Crippen molar-refractivity contribution in [3.05, 3.63) is 22.6 Å². The van der Waals surface area contributed by atoms with Crippen molar-refractivity contribution in [1.29, 1.82) is 0 Å². The first kappa shape index (κ1) is 10.8. The third-order valence-corrected chi connectivity index (χ3v) is 2.09. The second kappa shape index (κ2) is 5.42. The SMILES string of the molecule is CC(O)CCNCc1ccc(Br)o1. The van der Waals surface area contributed by atoms with Crippen LogP contribution >= 0.6 is 15.9 Å². The summed E-state index contributed by atoms with van der Waals surface area (Å²) in [5, 5.41) is 12.2. The number of rotatable bonds is 5. The Labute approximate surface area is 86.3 Å². The molecule has 0 fully saturated rings. The standard InChI is InChI=1S/C9H14BrNO2/c1-7(12)4-5-11-6-8-2-3-9(10)13-8/h2-3,7,11-12H,4-6H2,1H3. The predicted molar refractivity (Wildman–Crippen MR) is 54.4 cm³/mol. The zero-order valence-corrected chi connectivity index (χ0v) is 9.17. The first-order valence-electron chi connectivity index (χ1n) is 4.31. The molecule has 1 unspecified atom stereocenters. The molecule has 0 aliphatic rings. The van der Waals surface area contributed by atoms with Gasteiger partial charge in [-0.1, -0.05) is 0 Å². The third-order valence-electron chi connectivity index (χ3n) is 1.67. The van der Waals surface area contributed by atoms with Gasteiger partial charge < -0.3 is 14.8 Å². The van der Waals surface area contributed by atoms with Gasteiger partial charge in [-0.05, 0) is 48.0 Å². The van der Waals surface area contributed by atoms with E-state index >= 15 is 0 Å². The van der Waals surface area contributed by atoms with Crippen LogP contribution in [0.3, 0.4) is 0 Å². The molecule has 0 bridgehead atoms. The molecule has 4 heteroatoms. The number of furan rings is 1. The average Bonchev–Trinajstić information content (AvgIpc) is 2.45. The van der Waals surface area contributed by atoms with E-state index < -0.39 is 0 Å². The lowest BCUT2D eigenvalue weighted by atomic mass is 10.3. The molecule has 74 valence electrons. The fraction of sp³-hybridized carbons (Fsp3) is 0.556. The van der Waals surface area contributed by atoms with Gasteiger partial charge in [0, 0.05) is 0 Å². The topological polar surface area (TPSA) is 45.4 Å². The van der Waals surface area contributed by atoms with Crippen molar-refractivity contribution in [3.63, 3.8) is 0 Å². The quantitative estimate of drug-likeness (QED) is 0.782. The number of hydrogen-bond acceptors (Lipinski definition) is 3. The molecule has 1 heterocycles. The largest absolute Gasteiger partial charge is 0.453 e. The zero-order valence-electron chi connectivity index (χ0n) is 7.59. The summed E-state index contributed by atoms with van der Waals surface area (Å²) in [4.78, 5) is 0. The molecule has 0 aromatic carbocycles. The zero-order chi connectivity index (χ0) is 9.68. The molecule has 0 aliphatic heterocycles. The highest BCUT2D eigenvalue weighted by molar-refractivity contribution is 9.10. The number of aliphatic hydroxyl groups excluding tert-OH is 1. The smallest absolute Gasteiger partial charge is 0.169 e. The molecule has 0 saturated heterocycles. The van der Waals surface area contributed by atoms with Crippen LogP contribution in [0, 0.1) is 0 Å². The summed E-state index contributed by atoms with van der Waals surface area (Å²) in [6.07, 6.45) is 0.526. The van der Waals surface area contributed by atoms with E-state index in [1.54, 1.807) is 6.92 Å². The van der Waals surface area contributed by atoms with Crippen LogP contribution in [-0.4, -0.2) is 17.8 Å². The number of nitrogens with one attached hydrogen (secondary N) is 1. The van der Waals surface area contributed by atoms with Crippen molar-refractivity contribution in [2.45, 2.75) is 26.0 Å². The molecule has 0 spiro atoms. The van der Waals surface area contributed by atoms with E-state index in [0.29, 0.717) is 6.54 Å². The molecule has 1 aromatic rings. The summed E-state index contributed by atoms with van der Waals surface area (Å²) >= 11 is 3.23. The van der Waals surface area contributed by atoms with Crippen molar-refractivity contribution < 1.29 is 9.52 Å². The molecule has 0 amide bonds. The highest BCUT2D eigenvalue weighted by atomic mass is 79.9. The lowest BCUT2D eigenvalue weighted by molar-refractivity contribution is 0.183. The Kier molecular flexibility index (Phi) is 4.48. The maximum atomic E-state index is 8.98. The molecular formula is C9H14BrNO2. The van der Waals surface area contributed by atoms with Crippen LogP contribution in [0.5, 0.6) is 0 Å². The molecule has 1 rings (SSSR count). The minimum Gasteiger partial charge on any atom is -0.453 e. The van der Waals surface area contributed by atoms with E-state index in [9.17, 15) is 0 Å². The lowest BCUT2D eigenvalue weighted by Crippen LogP contribution is -2.18. The third kappa shape index (κ3) is 4.45. The molecule has 1 aromatic heterocycles. The molecule has 1 atom stereocenters. The van der Waals surface area contributed by atoms with Gasteiger partial charge in [-0.15, -0.1) is 0 Å². The second-order valence-corrected chi connectivity index (χ2v) is 3.80. The van der Waals surface area contributed by atoms with Crippen molar-refractivity contribution in [3.8, 4) is 0 Å². The molecular weight excluding hydrogens is 234 g/mol. The Morgan fingerprint density at radius 3 is 2.92 bits per heavy atom. The summed E-state index contributed by atoms with van der Waals surface area (Å²) < 4.78 is 6.03. The van der Waals surface area contributed by atoms with Gasteiger partial charge >= 0.3 is 0 Å². The van der Waals surface area contributed by atoms with Crippen molar-refractivity contribution >= 4 is 15.9 Å². The monoisotopic (exact) mass is 247 g/mol. The van der Waals surface area contributed by atoms with Gasteiger partial charge in [0.05, 0.1) is 12.6 Å². The lowest BCUT2D eigenvalue weighted by Gasteiger charge is -2.04. The van der Waals surface area contributed by atoms with Crippen LogP contribution in [0.25, 0.3) is 0 Å². The van der Waals surface area contributed by atoms with Gasteiger partial charge in [0.15, 0.2) is 4.67 Å². The Morgan fingerprint density at radius 1 is 1.62 bits per heavy atom. The average molecular weight is 248 g/mol. The van der Waals surface area contributed by atoms with Crippen LogP contribution in [0.1, 0.15) is 19.1 Å². The number of aliphatic hydroxyl groups is 1. The molecule has 0 radical (unpaired) electrons. The minimum atomic E-state index is -0.240. The summed E-state index contributed by atoms with van der Waals surface area (Å²) in [5.41, 5.74) is 0. The van der Waals surface area contributed by atoms with Crippen LogP contribution in [0.2, 0.25) is 0 Å². The van der Waals surface area contributed by atoms with E-state index in [-0.39, 0.29) is 6.10 Å². The Bertz CT molecular complexity index is 248. The van der Waals surface area contributed by atoms with Gasteiger partial charge in [-0.3, -0.25) is 0 Å². The summed E-state index contributed by atoms with van der Waals surface area (Å²) in [5.74, 6) is 0.900. The van der Waals surface area contributed by atoms with E-state index in [1.165, 1.54) is 0 Å². The summed E-state index contributed by atoms with van der Waals surface area (Å²) in [7, 11) is 0. The Morgan fingerprint density at radius 2 is 2.38 bits per heavy atom. The van der Waals surface area contributed by atoms with Crippen LogP contribution < -0.4 is 5.32 Å². The second-order valence-electron chi connectivity index (χ2n) is 3.02. The van der Waals surface area contributed by atoms with Crippen LogP contribution in [0.15, 0.2) is 21.2 Å². The van der Waals surface area contributed by atoms with Crippen LogP contribution in [0.4, 0.5) is 0 Å². The van der Waals surface area contributed by atoms with Crippen LogP contribution in [-0.2, 0) is 6.54 Å². The van der Waals surface area contributed by atoms with E-state index in [2.05, 4.69) is 21.2 Å². The van der Waals surface area contributed by atoms with Crippen molar-refractivity contribution in [2.24, 2.45) is 0 Å². The Hall–Kier alpha value is -0.320. The molecule has 13 heavy (non-hydrogen) atoms. The highest BCUT2D eigenvalue weighted by Gasteiger charge is 1.99.